The summed E-state index contributed by atoms with van der Waals surface area (Å²) in [4.78, 5) is 2.43. The monoisotopic (exact) mass is 722 g/mol. The van der Waals surface area contributed by atoms with Crippen molar-refractivity contribution in [2.45, 2.75) is 44.6 Å². The smallest absolute Gasteiger partial charge is 0.143 e. The molecule has 3 aliphatic rings. The SMILES string of the molecule is C=Cc1c(/C=C2\Cc3ccccc3N2c2ccccc2)n(C2(C)C=C3C(=CC2)c2ccc(-c4cccc5c4oc4ccccc45)cc2C3(C)C)c2ccccc12. The minimum Gasteiger partial charge on any atom is -0.455 e. The zero-order valence-electron chi connectivity index (χ0n) is 32.0. The first-order valence-electron chi connectivity index (χ1n) is 19.7. The van der Waals surface area contributed by atoms with Crippen LogP contribution in [0.4, 0.5) is 11.4 Å². The Morgan fingerprint density at radius 1 is 0.714 bits per heavy atom. The summed E-state index contributed by atoms with van der Waals surface area (Å²) in [6.45, 7) is 11.6. The first-order chi connectivity index (χ1) is 27.3. The summed E-state index contributed by atoms with van der Waals surface area (Å²) in [6, 6.07) is 50.3. The fraction of sp³-hybridized carbons (Fsp3) is 0.132. The van der Waals surface area contributed by atoms with E-state index in [-0.39, 0.29) is 11.0 Å². The number of fused-ring (bicyclic) bond motifs is 8. The van der Waals surface area contributed by atoms with E-state index in [1.807, 2.05) is 6.07 Å². The molecule has 0 radical (unpaired) electrons. The van der Waals surface area contributed by atoms with Gasteiger partial charge in [-0.3, -0.25) is 0 Å². The van der Waals surface area contributed by atoms with Crippen molar-refractivity contribution in [2.75, 3.05) is 4.90 Å². The number of aromatic nitrogens is 1. The van der Waals surface area contributed by atoms with Gasteiger partial charge in [0, 0.05) is 61.7 Å². The Bertz CT molecular complexity index is 3040. The van der Waals surface area contributed by atoms with Gasteiger partial charge in [0.15, 0.2) is 0 Å². The van der Waals surface area contributed by atoms with Crippen LogP contribution in [-0.2, 0) is 17.4 Å². The van der Waals surface area contributed by atoms with Crippen LogP contribution in [-0.4, -0.2) is 4.57 Å². The third-order valence-electron chi connectivity index (χ3n) is 12.7. The molecule has 8 aromatic rings. The third-order valence-corrected chi connectivity index (χ3v) is 12.7. The standard InChI is InChI=1S/C53H42N2O/c1-5-38-42-19-10-13-24-48(42)55(49(38)32-37-30-35-16-9-12-23-47(35)54(37)36-17-7-6-8-18-36)53(4)29-28-41-40-27-26-34(31-45(40)52(2,3)46(41)33-53)39-21-15-22-44-43-20-11-14-25-50(43)56-51(39)44/h5-28,31-33H,1,29-30H2,2-4H3/b37-32+. The molecule has 56 heavy (non-hydrogen) atoms. The van der Waals surface area contributed by atoms with Gasteiger partial charge in [-0.15, -0.1) is 0 Å². The summed E-state index contributed by atoms with van der Waals surface area (Å²) >= 11 is 0. The third kappa shape index (κ3) is 4.64. The molecule has 0 saturated heterocycles. The molecule has 11 rings (SSSR count). The lowest BCUT2D eigenvalue weighted by molar-refractivity contribution is 0.415. The Kier molecular flexibility index (Phi) is 7.01. The Labute approximate surface area is 327 Å². The van der Waals surface area contributed by atoms with Crippen LogP contribution in [0.1, 0.15) is 55.1 Å². The Balaban J connectivity index is 1.06. The quantitative estimate of drug-likeness (QED) is 0.176. The molecule has 1 atom stereocenters. The molecule has 0 bridgehead atoms. The van der Waals surface area contributed by atoms with E-state index in [4.69, 9.17) is 4.42 Å². The first-order valence-corrected chi connectivity index (χ1v) is 19.7. The second kappa shape index (κ2) is 12.0. The number of para-hydroxylation sites is 5. The maximum absolute atomic E-state index is 6.50. The summed E-state index contributed by atoms with van der Waals surface area (Å²) < 4.78 is 9.10. The van der Waals surface area contributed by atoms with Crippen molar-refractivity contribution >= 4 is 61.9 Å². The molecule has 1 aliphatic heterocycles. The molecule has 3 heteroatoms. The van der Waals surface area contributed by atoms with Gasteiger partial charge in [0.05, 0.1) is 11.2 Å². The molecule has 270 valence electrons. The molecular weight excluding hydrogens is 681 g/mol. The van der Waals surface area contributed by atoms with Gasteiger partial charge in [-0.2, -0.15) is 0 Å². The number of rotatable bonds is 5. The van der Waals surface area contributed by atoms with E-state index in [1.165, 1.54) is 72.6 Å². The van der Waals surface area contributed by atoms with Crippen molar-refractivity contribution in [3.63, 3.8) is 0 Å². The highest BCUT2D eigenvalue weighted by atomic mass is 16.3. The number of nitrogens with zero attached hydrogens (tertiary/aromatic N) is 2. The molecule has 0 spiro atoms. The van der Waals surface area contributed by atoms with Crippen LogP contribution < -0.4 is 4.90 Å². The zero-order chi connectivity index (χ0) is 37.8. The molecule has 3 heterocycles. The van der Waals surface area contributed by atoms with E-state index in [9.17, 15) is 0 Å². The van der Waals surface area contributed by atoms with Crippen LogP contribution in [0, 0.1) is 0 Å². The molecule has 6 aromatic carbocycles. The summed E-state index contributed by atoms with van der Waals surface area (Å²) in [5.74, 6) is 0. The minimum absolute atomic E-state index is 0.208. The molecule has 3 nitrogen and oxygen atoms in total. The van der Waals surface area contributed by atoms with Crippen LogP contribution in [0.15, 0.2) is 174 Å². The van der Waals surface area contributed by atoms with Gasteiger partial charge in [-0.25, -0.2) is 0 Å². The van der Waals surface area contributed by atoms with Gasteiger partial charge in [-0.1, -0.05) is 142 Å². The predicted octanol–water partition coefficient (Wildman–Crippen LogP) is 14.0. The predicted molar refractivity (Wildman–Crippen MR) is 235 cm³/mol. The van der Waals surface area contributed by atoms with E-state index in [0.717, 1.165) is 40.3 Å². The highest BCUT2D eigenvalue weighted by Crippen LogP contribution is 2.55. The number of hydrogen-bond acceptors (Lipinski definition) is 2. The summed E-state index contributed by atoms with van der Waals surface area (Å²) in [5, 5.41) is 3.54. The fourth-order valence-electron chi connectivity index (χ4n) is 10.0. The summed E-state index contributed by atoms with van der Waals surface area (Å²) in [7, 11) is 0. The van der Waals surface area contributed by atoms with Gasteiger partial charge in [0.25, 0.3) is 0 Å². The lowest BCUT2D eigenvalue weighted by Crippen LogP contribution is -2.32. The van der Waals surface area contributed by atoms with Crippen molar-refractivity contribution in [1.29, 1.82) is 0 Å². The van der Waals surface area contributed by atoms with Crippen molar-refractivity contribution in [3.8, 4) is 11.1 Å². The van der Waals surface area contributed by atoms with E-state index in [0.29, 0.717) is 0 Å². The highest BCUT2D eigenvalue weighted by molar-refractivity contribution is 6.09. The topological polar surface area (TPSA) is 21.3 Å². The van der Waals surface area contributed by atoms with Crippen molar-refractivity contribution < 1.29 is 4.42 Å². The normalized spacial score (nSPS) is 19.0. The highest BCUT2D eigenvalue weighted by Gasteiger charge is 2.43. The van der Waals surface area contributed by atoms with Crippen LogP contribution >= 0.6 is 0 Å². The van der Waals surface area contributed by atoms with Crippen LogP contribution in [0.3, 0.4) is 0 Å². The average molecular weight is 723 g/mol. The molecule has 0 N–H and O–H groups in total. The second-order valence-electron chi connectivity index (χ2n) is 16.4. The van der Waals surface area contributed by atoms with Crippen molar-refractivity contribution in [3.05, 3.63) is 197 Å². The number of furan rings is 1. The molecule has 2 aromatic heterocycles. The van der Waals surface area contributed by atoms with E-state index in [2.05, 4.69) is 195 Å². The number of allylic oxidation sites excluding steroid dienone is 5. The fourth-order valence-corrected chi connectivity index (χ4v) is 10.0. The van der Waals surface area contributed by atoms with Gasteiger partial charge in [-0.05, 0) is 89.2 Å². The first kappa shape index (κ1) is 32.8. The summed E-state index contributed by atoms with van der Waals surface area (Å²) in [5.41, 5.74) is 17.7. The molecule has 0 fully saturated rings. The maximum atomic E-state index is 6.50. The average Bonchev–Trinajstić information content (AvgIpc) is 3.94. The lowest BCUT2D eigenvalue weighted by atomic mass is 9.76. The Morgan fingerprint density at radius 2 is 1.46 bits per heavy atom. The Hall–Kier alpha value is -6.58. The van der Waals surface area contributed by atoms with E-state index >= 15 is 0 Å². The lowest BCUT2D eigenvalue weighted by Gasteiger charge is -2.36. The minimum atomic E-state index is -0.336. The van der Waals surface area contributed by atoms with Crippen LogP contribution in [0.2, 0.25) is 0 Å². The molecular formula is C53H42N2O. The number of anilines is 2. The van der Waals surface area contributed by atoms with Crippen LogP contribution in [0.5, 0.6) is 0 Å². The Morgan fingerprint density at radius 3 is 2.32 bits per heavy atom. The van der Waals surface area contributed by atoms with Gasteiger partial charge in [0.1, 0.15) is 11.2 Å². The zero-order valence-corrected chi connectivity index (χ0v) is 32.0. The number of benzene rings is 6. The van der Waals surface area contributed by atoms with E-state index < -0.39 is 0 Å². The van der Waals surface area contributed by atoms with E-state index in [1.54, 1.807) is 0 Å². The van der Waals surface area contributed by atoms with Crippen molar-refractivity contribution in [2.24, 2.45) is 0 Å². The van der Waals surface area contributed by atoms with Gasteiger partial charge >= 0.3 is 0 Å². The van der Waals surface area contributed by atoms with Gasteiger partial charge in [0.2, 0.25) is 0 Å². The second-order valence-corrected chi connectivity index (χ2v) is 16.4. The molecule has 1 unspecified atom stereocenters. The maximum Gasteiger partial charge on any atom is 0.143 e. The van der Waals surface area contributed by atoms with Gasteiger partial charge < -0.3 is 13.9 Å². The van der Waals surface area contributed by atoms with Crippen LogP contribution in [0.25, 0.3) is 61.7 Å². The summed E-state index contributed by atoms with van der Waals surface area (Å²) in [6.07, 6.45) is 11.3. The number of hydrogen-bond donors (Lipinski definition) is 0. The van der Waals surface area contributed by atoms with Crippen molar-refractivity contribution in [1.82, 2.24) is 4.57 Å². The molecule has 2 aliphatic carbocycles. The molecule has 0 amide bonds. The molecule has 0 saturated carbocycles. The largest absolute Gasteiger partial charge is 0.455 e.